The maximum atomic E-state index is 11.8. The molecule has 1 atom stereocenters. The molecule has 1 aliphatic heterocycles. The normalized spacial score (nSPS) is 18.7. The van der Waals surface area contributed by atoms with Gasteiger partial charge in [-0.2, -0.15) is 0 Å². The van der Waals surface area contributed by atoms with Gasteiger partial charge in [-0.3, -0.25) is 14.5 Å². The van der Waals surface area contributed by atoms with Gasteiger partial charge in [0.2, 0.25) is 5.91 Å². The number of carboxylic acid groups (broad SMARTS) is 1. The standard InChI is InChI=1S/C16H22N2O3/c1-11-5-6-12(2)13(8-11)14-4-3-7-18(14)10-15(19)17-9-16(20)21/h5-6,8,14H,3-4,7,9-10H2,1-2H3,(H,17,19)(H,20,21). The summed E-state index contributed by atoms with van der Waals surface area (Å²) in [5, 5.41) is 11.0. The summed E-state index contributed by atoms with van der Waals surface area (Å²) in [5.41, 5.74) is 3.74. The lowest BCUT2D eigenvalue weighted by atomic mass is 9.97. The van der Waals surface area contributed by atoms with Gasteiger partial charge in [-0.05, 0) is 44.4 Å². The average Bonchev–Trinajstić information content (AvgIpc) is 2.87. The van der Waals surface area contributed by atoms with Crippen LogP contribution in [0.2, 0.25) is 0 Å². The Labute approximate surface area is 125 Å². The number of carboxylic acids is 1. The third-order valence-electron chi connectivity index (χ3n) is 3.94. The second-order valence-electron chi connectivity index (χ2n) is 5.66. The zero-order valence-electron chi connectivity index (χ0n) is 12.6. The van der Waals surface area contributed by atoms with Gasteiger partial charge in [-0.1, -0.05) is 23.8 Å². The highest BCUT2D eigenvalue weighted by Gasteiger charge is 2.28. The minimum absolute atomic E-state index is 0.227. The van der Waals surface area contributed by atoms with Gasteiger partial charge in [0.15, 0.2) is 0 Å². The van der Waals surface area contributed by atoms with E-state index in [4.69, 9.17) is 5.11 Å². The third-order valence-corrected chi connectivity index (χ3v) is 3.94. The summed E-state index contributed by atoms with van der Waals surface area (Å²) in [6.45, 7) is 4.97. The molecule has 1 unspecified atom stereocenters. The number of hydrogen-bond donors (Lipinski definition) is 2. The van der Waals surface area contributed by atoms with Crippen LogP contribution in [0.5, 0.6) is 0 Å². The highest BCUT2D eigenvalue weighted by atomic mass is 16.4. The maximum Gasteiger partial charge on any atom is 0.322 e. The summed E-state index contributed by atoms with van der Waals surface area (Å²) < 4.78 is 0. The Morgan fingerprint density at radius 1 is 1.38 bits per heavy atom. The smallest absolute Gasteiger partial charge is 0.322 e. The van der Waals surface area contributed by atoms with Gasteiger partial charge in [0.1, 0.15) is 6.54 Å². The van der Waals surface area contributed by atoms with E-state index in [9.17, 15) is 9.59 Å². The number of carbonyl (C=O) groups is 2. The number of nitrogens with zero attached hydrogens (tertiary/aromatic N) is 1. The lowest BCUT2D eigenvalue weighted by Gasteiger charge is -2.25. The first-order chi connectivity index (χ1) is 9.97. The molecule has 1 aromatic rings. The van der Waals surface area contributed by atoms with Crippen molar-refractivity contribution in [2.24, 2.45) is 0 Å². The molecule has 2 rings (SSSR count). The lowest BCUT2D eigenvalue weighted by molar-refractivity contribution is -0.138. The van der Waals surface area contributed by atoms with Crippen LogP contribution < -0.4 is 5.32 Å². The van der Waals surface area contributed by atoms with Crippen LogP contribution in [-0.2, 0) is 9.59 Å². The van der Waals surface area contributed by atoms with E-state index < -0.39 is 5.97 Å². The molecule has 5 nitrogen and oxygen atoms in total. The fourth-order valence-corrected chi connectivity index (χ4v) is 2.90. The Morgan fingerprint density at radius 2 is 2.14 bits per heavy atom. The van der Waals surface area contributed by atoms with Crippen LogP contribution in [0.15, 0.2) is 18.2 Å². The predicted molar refractivity (Wildman–Crippen MR) is 80.1 cm³/mol. The number of hydrogen-bond acceptors (Lipinski definition) is 3. The van der Waals surface area contributed by atoms with Crippen LogP contribution in [0, 0.1) is 13.8 Å². The highest BCUT2D eigenvalue weighted by molar-refractivity contribution is 5.82. The minimum Gasteiger partial charge on any atom is -0.480 e. The van der Waals surface area contributed by atoms with Gasteiger partial charge in [0.25, 0.3) is 0 Å². The van der Waals surface area contributed by atoms with Crippen molar-refractivity contribution in [1.82, 2.24) is 10.2 Å². The number of benzene rings is 1. The van der Waals surface area contributed by atoms with Crippen molar-refractivity contribution in [3.8, 4) is 0 Å². The molecule has 1 aromatic carbocycles. The fourth-order valence-electron chi connectivity index (χ4n) is 2.90. The molecule has 1 heterocycles. The first-order valence-corrected chi connectivity index (χ1v) is 7.27. The second-order valence-corrected chi connectivity index (χ2v) is 5.66. The second kappa shape index (κ2) is 6.72. The van der Waals surface area contributed by atoms with E-state index in [1.165, 1.54) is 16.7 Å². The van der Waals surface area contributed by atoms with Crippen LogP contribution >= 0.6 is 0 Å². The molecule has 0 bridgehead atoms. The fraction of sp³-hybridized carbons (Fsp3) is 0.500. The van der Waals surface area contributed by atoms with E-state index in [1.54, 1.807) is 0 Å². The summed E-state index contributed by atoms with van der Waals surface area (Å²) in [6.07, 6.45) is 2.10. The van der Waals surface area contributed by atoms with E-state index in [2.05, 4.69) is 42.3 Å². The van der Waals surface area contributed by atoms with E-state index in [-0.39, 0.29) is 25.0 Å². The Balaban J connectivity index is 2.04. The number of aryl methyl sites for hydroxylation is 2. The van der Waals surface area contributed by atoms with Gasteiger partial charge < -0.3 is 10.4 Å². The quantitative estimate of drug-likeness (QED) is 0.865. The van der Waals surface area contributed by atoms with E-state index in [1.807, 2.05) is 0 Å². The summed E-state index contributed by atoms with van der Waals surface area (Å²) >= 11 is 0. The number of rotatable bonds is 5. The first kappa shape index (κ1) is 15.5. The van der Waals surface area contributed by atoms with Gasteiger partial charge >= 0.3 is 5.97 Å². The third kappa shape index (κ3) is 4.04. The van der Waals surface area contributed by atoms with Crippen LogP contribution in [0.1, 0.15) is 35.6 Å². The van der Waals surface area contributed by atoms with E-state index in [0.29, 0.717) is 0 Å². The van der Waals surface area contributed by atoms with Crippen molar-refractivity contribution in [1.29, 1.82) is 0 Å². The number of nitrogens with one attached hydrogen (secondary N) is 1. The van der Waals surface area contributed by atoms with E-state index >= 15 is 0 Å². The molecule has 1 fully saturated rings. The SMILES string of the molecule is Cc1ccc(C)c(C2CCCN2CC(=O)NCC(=O)O)c1. The highest BCUT2D eigenvalue weighted by Crippen LogP contribution is 2.33. The van der Waals surface area contributed by atoms with Crippen LogP contribution in [0.3, 0.4) is 0 Å². The van der Waals surface area contributed by atoms with Gasteiger partial charge in [0.05, 0.1) is 6.54 Å². The van der Waals surface area contributed by atoms with Crippen molar-refractivity contribution in [2.75, 3.05) is 19.6 Å². The topological polar surface area (TPSA) is 69.6 Å². The molecule has 0 radical (unpaired) electrons. The molecule has 21 heavy (non-hydrogen) atoms. The largest absolute Gasteiger partial charge is 0.480 e. The van der Waals surface area contributed by atoms with Crippen LogP contribution in [0.4, 0.5) is 0 Å². The number of aliphatic carboxylic acids is 1. The summed E-state index contributed by atoms with van der Waals surface area (Å²) in [4.78, 5) is 24.4. The summed E-state index contributed by atoms with van der Waals surface area (Å²) in [7, 11) is 0. The molecule has 1 saturated heterocycles. The van der Waals surface area contributed by atoms with Crippen molar-refractivity contribution in [2.45, 2.75) is 32.7 Å². The monoisotopic (exact) mass is 290 g/mol. The lowest BCUT2D eigenvalue weighted by Crippen LogP contribution is -2.39. The molecule has 2 N–H and O–H groups in total. The Kier molecular flexibility index (Phi) is 4.96. The maximum absolute atomic E-state index is 11.8. The minimum atomic E-state index is -1.02. The van der Waals surface area contributed by atoms with Gasteiger partial charge in [-0.15, -0.1) is 0 Å². The van der Waals surface area contributed by atoms with Crippen molar-refractivity contribution in [3.05, 3.63) is 34.9 Å². The predicted octanol–water partition coefficient (Wildman–Crippen LogP) is 1.64. The number of amides is 1. The summed E-state index contributed by atoms with van der Waals surface area (Å²) in [5.74, 6) is -1.24. The Hall–Kier alpha value is -1.88. The number of carbonyl (C=O) groups excluding carboxylic acids is 1. The zero-order valence-corrected chi connectivity index (χ0v) is 12.6. The van der Waals surface area contributed by atoms with Crippen molar-refractivity contribution >= 4 is 11.9 Å². The molecular weight excluding hydrogens is 268 g/mol. The molecular formula is C16H22N2O3. The van der Waals surface area contributed by atoms with E-state index in [0.717, 1.165) is 19.4 Å². The van der Waals surface area contributed by atoms with Crippen LogP contribution in [0.25, 0.3) is 0 Å². The zero-order chi connectivity index (χ0) is 15.4. The molecule has 5 heteroatoms. The summed E-state index contributed by atoms with van der Waals surface area (Å²) in [6, 6.07) is 6.65. The van der Waals surface area contributed by atoms with Crippen molar-refractivity contribution in [3.63, 3.8) is 0 Å². The van der Waals surface area contributed by atoms with Gasteiger partial charge in [-0.25, -0.2) is 0 Å². The molecule has 0 saturated carbocycles. The molecule has 0 aromatic heterocycles. The molecule has 1 aliphatic rings. The average molecular weight is 290 g/mol. The molecule has 1 amide bonds. The number of likely N-dealkylation sites (tertiary alicyclic amines) is 1. The first-order valence-electron chi connectivity index (χ1n) is 7.27. The Bertz CT molecular complexity index is 542. The van der Waals surface area contributed by atoms with Crippen molar-refractivity contribution < 1.29 is 14.7 Å². The molecule has 0 aliphatic carbocycles. The van der Waals surface area contributed by atoms with Crippen LogP contribution in [-0.4, -0.2) is 41.5 Å². The molecule has 0 spiro atoms. The molecule has 114 valence electrons. The Morgan fingerprint density at radius 3 is 2.86 bits per heavy atom. The van der Waals surface area contributed by atoms with Gasteiger partial charge in [0, 0.05) is 6.04 Å².